The van der Waals surface area contributed by atoms with Crippen LogP contribution in [0.1, 0.15) is 16.7 Å². The Morgan fingerprint density at radius 1 is 1.28 bits per heavy atom. The highest BCUT2D eigenvalue weighted by atomic mass is 32.2. The Morgan fingerprint density at radius 3 is 2.39 bits per heavy atom. The molecule has 0 aromatic heterocycles. The lowest BCUT2D eigenvalue weighted by Crippen LogP contribution is -2.29. The Kier molecular flexibility index (Phi) is 3.02. The minimum atomic E-state index is -5.64. The number of fused-ring (bicyclic) bond motifs is 1. The number of hydrogen-bond acceptors (Lipinski definition) is 4. The second kappa shape index (κ2) is 4.13. The molecule has 0 aliphatic heterocycles. The van der Waals surface area contributed by atoms with E-state index in [0.29, 0.717) is 12.0 Å². The van der Waals surface area contributed by atoms with Gasteiger partial charge in [-0.05, 0) is 30.0 Å². The summed E-state index contributed by atoms with van der Waals surface area (Å²) in [4.78, 5) is 0. The summed E-state index contributed by atoms with van der Waals surface area (Å²) in [5.41, 5.74) is 2.06. The highest BCUT2D eigenvalue weighted by molar-refractivity contribution is 7.88. The summed E-state index contributed by atoms with van der Waals surface area (Å²) in [5, 5.41) is 0. The molecule has 4 nitrogen and oxygen atoms in total. The fourth-order valence-corrected chi connectivity index (χ4v) is 2.30. The second-order valence-corrected chi connectivity index (χ2v) is 5.41. The summed E-state index contributed by atoms with van der Waals surface area (Å²) >= 11 is 0. The SMILES string of the molecule is NCc1c(OS(=O)(=O)C(F)(F)F)ccc2c1CC2. The average molecular weight is 281 g/mol. The minimum Gasteiger partial charge on any atom is -0.376 e. The van der Waals surface area contributed by atoms with Gasteiger partial charge in [-0.2, -0.15) is 21.6 Å². The Hall–Kier alpha value is -1.28. The second-order valence-electron chi connectivity index (χ2n) is 3.87. The van der Waals surface area contributed by atoms with E-state index < -0.39 is 15.6 Å². The van der Waals surface area contributed by atoms with Crippen molar-refractivity contribution >= 4 is 10.1 Å². The normalized spacial score (nSPS) is 14.9. The summed E-state index contributed by atoms with van der Waals surface area (Å²) in [6.07, 6.45) is 1.49. The molecule has 1 aliphatic carbocycles. The van der Waals surface area contributed by atoms with Crippen molar-refractivity contribution in [1.82, 2.24) is 0 Å². The lowest BCUT2D eigenvalue weighted by molar-refractivity contribution is -0.0500. The maximum atomic E-state index is 12.2. The minimum absolute atomic E-state index is 0.0636. The van der Waals surface area contributed by atoms with Crippen LogP contribution in [-0.4, -0.2) is 13.9 Å². The van der Waals surface area contributed by atoms with Crippen molar-refractivity contribution in [3.63, 3.8) is 0 Å². The van der Waals surface area contributed by atoms with Gasteiger partial charge in [0.1, 0.15) is 5.75 Å². The van der Waals surface area contributed by atoms with Crippen molar-refractivity contribution < 1.29 is 25.8 Å². The standard InChI is InChI=1S/C10H10F3NO3S/c11-10(12,13)18(15,16)17-9-4-2-6-1-3-7(6)8(9)5-14/h2,4H,1,3,5,14H2. The molecule has 0 atom stereocenters. The number of aryl methyl sites for hydroxylation is 1. The van der Waals surface area contributed by atoms with Crippen LogP contribution < -0.4 is 9.92 Å². The van der Waals surface area contributed by atoms with E-state index in [4.69, 9.17) is 5.73 Å². The van der Waals surface area contributed by atoms with E-state index in [1.54, 1.807) is 6.07 Å². The van der Waals surface area contributed by atoms with Crippen LogP contribution in [0.3, 0.4) is 0 Å². The van der Waals surface area contributed by atoms with Crippen LogP contribution in [0.15, 0.2) is 12.1 Å². The van der Waals surface area contributed by atoms with Crippen molar-refractivity contribution in [2.75, 3.05) is 0 Å². The van der Waals surface area contributed by atoms with Crippen LogP contribution in [0.5, 0.6) is 5.75 Å². The number of halogens is 3. The molecule has 100 valence electrons. The van der Waals surface area contributed by atoms with Gasteiger partial charge in [0.2, 0.25) is 0 Å². The van der Waals surface area contributed by atoms with Crippen LogP contribution in [-0.2, 0) is 29.5 Å². The lowest BCUT2D eigenvalue weighted by Gasteiger charge is -2.24. The van der Waals surface area contributed by atoms with Gasteiger partial charge in [-0.1, -0.05) is 6.07 Å². The van der Waals surface area contributed by atoms with Gasteiger partial charge in [-0.3, -0.25) is 0 Å². The zero-order valence-corrected chi connectivity index (χ0v) is 9.94. The van der Waals surface area contributed by atoms with Crippen LogP contribution in [0.4, 0.5) is 13.2 Å². The van der Waals surface area contributed by atoms with Gasteiger partial charge in [0.25, 0.3) is 0 Å². The monoisotopic (exact) mass is 281 g/mol. The number of nitrogens with two attached hydrogens (primary N) is 1. The molecule has 8 heteroatoms. The number of benzene rings is 1. The molecule has 18 heavy (non-hydrogen) atoms. The fraction of sp³-hybridized carbons (Fsp3) is 0.400. The predicted octanol–water partition coefficient (Wildman–Crippen LogP) is 1.47. The summed E-state index contributed by atoms with van der Waals surface area (Å²) in [5.74, 6) is -0.340. The first-order valence-corrected chi connectivity index (χ1v) is 6.51. The molecule has 0 fully saturated rings. The predicted molar refractivity (Wildman–Crippen MR) is 57.3 cm³/mol. The lowest BCUT2D eigenvalue weighted by atomic mass is 9.84. The van der Waals surface area contributed by atoms with Crippen molar-refractivity contribution in [3.8, 4) is 5.75 Å². The first-order chi connectivity index (χ1) is 8.26. The zero-order valence-electron chi connectivity index (χ0n) is 9.12. The molecule has 0 bridgehead atoms. The number of rotatable bonds is 3. The molecule has 2 N–H and O–H groups in total. The summed E-state index contributed by atoms with van der Waals surface area (Å²) < 4.78 is 62.6. The topological polar surface area (TPSA) is 69.4 Å². The van der Waals surface area contributed by atoms with Gasteiger partial charge in [-0.15, -0.1) is 0 Å². The third-order valence-corrected chi connectivity index (χ3v) is 3.78. The Labute approximate surface area is 102 Å². The van der Waals surface area contributed by atoms with E-state index in [1.165, 1.54) is 6.07 Å². The van der Waals surface area contributed by atoms with Crippen LogP contribution in [0, 0.1) is 0 Å². The molecule has 0 radical (unpaired) electrons. The van der Waals surface area contributed by atoms with Crippen molar-refractivity contribution in [2.24, 2.45) is 5.73 Å². The van der Waals surface area contributed by atoms with Gasteiger partial charge in [0, 0.05) is 12.1 Å². The van der Waals surface area contributed by atoms with E-state index in [9.17, 15) is 21.6 Å². The Morgan fingerprint density at radius 2 is 1.94 bits per heavy atom. The third kappa shape index (κ3) is 2.05. The zero-order chi connectivity index (χ0) is 13.6. The van der Waals surface area contributed by atoms with Gasteiger partial charge in [-0.25, -0.2) is 0 Å². The molecular weight excluding hydrogens is 271 g/mol. The maximum absolute atomic E-state index is 12.2. The smallest absolute Gasteiger partial charge is 0.376 e. The third-order valence-electron chi connectivity index (χ3n) is 2.82. The highest BCUT2D eigenvalue weighted by Crippen LogP contribution is 2.35. The largest absolute Gasteiger partial charge is 0.534 e. The van der Waals surface area contributed by atoms with Crippen LogP contribution >= 0.6 is 0 Å². The first kappa shape index (κ1) is 13.2. The van der Waals surface area contributed by atoms with Gasteiger partial charge in [0.05, 0.1) is 0 Å². The molecule has 1 aromatic carbocycles. The van der Waals surface area contributed by atoms with Crippen LogP contribution in [0.2, 0.25) is 0 Å². The summed E-state index contributed by atoms with van der Waals surface area (Å²) in [6, 6.07) is 2.77. The average Bonchev–Trinajstić information content (AvgIpc) is 2.19. The quantitative estimate of drug-likeness (QED) is 0.673. The molecule has 0 spiro atoms. The maximum Gasteiger partial charge on any atom is 0.534 e. The number of hydrogen-bond donors (Lipinski definition) is 1. The first-order valence-electron chi connectivity index (χ1n) is 5.10. The van der Waals surface area contributed by atoms with E-state index in [1.807, 2.05) is 0 Å². The summed E-state index contributed by atoms with van der Waals surface area (Å²) in [7, 11) is -5.64. The molecule has 0 amide bonds. The fourth-order valence-electron chi connectivity index (χ4n) is 1.82. The summed E-state index contributed by atoms with van der Waals surface area (Å²) in [6.45, 7) is -0.0636. The van der Waals surface area contributed by atoms with Gasteiger partial charge in [0.15, 0.2) is 0 Å². The molecule has 0 saturated heterocycles. The van der Waals surface area contributed by atoms with Crippen molar-refractivity contribution in [1.29, 1.82) is 0 Å². The Bertz CT molecular complexity index is 581. The Balaban J connectivity index is 2.39. The van der Waals surface area contributed by atoms with E-state index in [-0.39, 0.29) is 12.3 Å². The van der Waals surface area contributed by atoms with Gasteiger partial charge >= 0.3 is 15.6 Å². The molecule has 1 aromatic rings. The molecular formula is C10H10F3NO3S. The van der Waals surface area contributed by atoms with Crippen molar-refractivity contribution in [2.45, 2.75) is 24.9 Å². The molecule has 2 rings (SSSR count). The van der Waals surface area contributed by atoms with Crippen molar-refractivity contribution in [3.05, 3.63) is 28.8 Å². The molecule has 1 aliphatic rings. The van der Waals surface area contributed by atoms with E-state index in [0.717, 1.165) is 17.5 Å². The van der Waals surface area contributed by atoms with E-state index in [2.05, 4.69) is 4.18 Å². The number of alkyl halides is 3. The molecule has 0 unspecified atom stereocenters. The molecule has 0 heterocycles. The molecule has 0 saturated carbocycles. The van der Waals surface area contributed by atoms with Crippen LogP contribution in [0.25, 0.3) is 0 Å². The van der Waals surface area contributed by atoms with Gasteiger partial charge < -0.3 is 9.92 Å². The highest BCUT2D eigenvalue weighted by Gasteiger charge is 2.48. The van der Waals surface area contributed by atoms with E-state index >= 15 is 0 Å².